The van der Waals surface area contributed by atoms with Crippen LogP contribution in [0.2, 0.25) is 0 Å². The molecule has 4 aromatic rings. The van der Waals surface area contributed by atoms with E-state index < -0.39 is 21.3 Å². The highest BCUT2D eigenvalue weighted by atomic mass is 32.2. The van der Waals surface area contributed by atoms with Gasteiger partial charge in [-0.3, -0.25) is 4.98 Å². The molecule has 0 unspecified atom stereocenters. The monoisotopic (exact) mass is 534 g/mol. The fraction of sp³-hybridized carbons (Fsp3) is 0.269. The summed E-state index contributed by atoms with van der Waals surface area (Å²) in [4.78, 5) is 13.2. The molecule has 3 heterocycles. The predicted octanol–water partition coefficient (Wildman–Crippen LogP) is 2.68. The van der Waals surface area contributed by atoms with Gasteiger partial charge in [0.1, 0.15) is 11.4 Å². The van der Waals surface area contributed by atoms with Crippen molar-refractivity contribution in [1.29, 1.82) is 0 Å². The molecule has 196 valence electrons. The minimum Gasteiger partial charge on any atom is -0.381 e. The number of nitrogens with two attached hydrogens (primary N) is 1. The highest BCUT2D eigenvalue weighted by Crippen LogP contribution is 2.28. The lowest BCUT2D eigenvalue weighted by Gasteiger charge is -2.24. The average Bonchev–Trinajstić information content (AvgIpc) is 3.32. The quantitative estimate of drug-likeness (QED) is 0.329. The Morgan fingerprint density at radius 2 is 1.89 bits per heavy atom. The van der Waals surface area contributed by atoms with Crippen LogP contribution in [0.3, 0.4) is 0 Å². The molecule has 0 aliphatic heterocycles. The smallest absolute Gasteiger partial charge is 0.208 e. The van der Waals surface area contributed by atoms with Crippen LogP contribution in [-0.4, -0.2) is 51.2 Å². The number of pyridine rings is 1. The number of rotatable bonds is 8. The standard InChI is InChI=1S/C26H27FN8O2S/c1-6-17-9-7-11-19(16(17)2)25-31-23(22(27)24(28)32-25)20-14-35(34-33-20)13-18-10-8-12-21(30-18)26(3,4)15-29-38(5,36)37/h1,7-12,14,29H,13,15H2,2-5H3,(H2,28,31,32). The first kappa shape index (κ1) is 26.8. The third-order valence-electron chi connectivity index (χ3n) is 5.99. The molecule has 0 atom stereocenters. The second-order valence-corrected chi connectivity index (χ2v) is 11.3. The molecule has 0 aliphatic rings. The first-order valence-corrected chi connectivity index (χ1v) is 13.5. The second-order valence-electron chi connectivity index (χ2n) is 9.51. The van der Waals surface area contributed by atoms with Gasteiger partial charge in [-0.15, -0.1) is 11.5 Å². The number of nitrogens with one attached hydrogen (secondary N) is 1. The summed E-state index contributed by atoms with van der Waals surface area (Å²) in [7, 11) is -3.34. The fourth-order valence-electron chi connectivity index (χ4n) is 3.79. The number of benzene rings is 1. The molecule has 0 amide bonds. The summed E-state index contributed by atoms with van der Waals surface area (Å²) < 4.78 is 42.1. The summed E-state index contributed by atoms with van der Waals surface area (Å²) in [5.41, 5.74) is 8.87. The lowest BCUT2D eigenvalue weighted by atomic mass is 9.89. The molecule has 1 aromatic carbocycles. The fourth-order valence-corrected chi connectivity index (χ4v) is 4.41. The highest BCUT2D eigenvalue weighted by molar-refractivity contribution is 7.88. The molecule has 0 fully saturated rings. The number of sulfonamides is 1. The first-order valence-electron chi connectivity index (χ1n) is 11.6. The van der Waals surface area contributed by atoms with Crippen LogP contribution >= 0.6 is 0 Å². The van der Waals surface area contributed by atoms with E-state index in [1.165, 1.54) is 4.68 Å². The number of nitrogen functional groups attached to an aromatic ring is 1. The van der Waals surface area contributed by atoms with E-state index in [1.807, 2.05) is 39.0 Å². The van der Waals surface area contributed by atoms with Crippen molar-refractivity contribution in [2.75, 3.05) is 18.5 Å². The Hall–Kier alpha value is -4.21. The van der Waals surface area contributed by atoms with Gasteiger partial charge in [-0.2, -0.15) is 0 Å². The van der Waals surface area contributed by atoms with E-state index in [0.717, 1.165) is 11.8 Å². The Balaban J connectivity index is 1.62. The van der Waals surface area contributed by atoms with Crippen LogP contribution in [0.4, 0.5) is 10.2 Å². The van der Waals surface area contributed by atoms with Gasteiger partial charge >= 0.3 is 0 Å². The minimum atomic E-state index is -3.34. The normalized spacial score (nSPS) is 11.9. The summed E-state index contributed by atoms with van der Waals surface area (Å²) in [5.74, 6) is 1.72. The molecule has 12 heteroatoms. The summed E-state index contributed by atoms with van der Waals surface area (Å²) in [6.45, 7) is 6.06. The molecule has 0 spiro atoms. The highest BCUT2D eigenvalue weighted by Gasteiger charge is 2.24. The predicted molar refractivity (Wildman–Crippen MR) is 143 cm³/mol. The van der Waals surface area contributed by atoms with Crippen molar-refractivity contribution in [1.82, 2.24) is 34.7 Å². The maximum absolute atomic E-state index is 15.0. The van der Waals surface area contributed by atoms with Crippen molar-refractivity contribution >= 4 is 15.8 Å². The number of anilines is 1. The van der Waals surface area contributed by atoms with Crippen LogP contribution in [0.25, 0.3) is 22.8 Å². The number of hydrogen-bond donors (Lipinski definition) is 2. The van der Waals surface area contributed by atoms with E-state index in [-0.39, 0.29) is 36.1 Å². The number of aromatic nitrogens is 6. The molecular weight excluding hydrogens is 507 g/mol. The van der Waals surface area contributed by atoms with Crippen LogP contribution in [0.1, 0.15) is 36.4 Å². The topological polar surface area (TPSA) is 142 Å². The summed E-state index contributed by atoms with van der Waals surface area (Å²) in [6.07, 6.45) is 8.23. The zero-order chi connectivity index (χ0) is 27.7. The number of hydrogen-bond acceptors (Lipinski definition) is 8. The number of halogens is 1. The van der Waals surface area contributed by atoms with Crippen molar-refractivity contribution in [2.24, 2.45) is 0 Å². The van der Waals surface area contributed by atoms with Gasteiger partial charge in [0.05, 0.1) is 24.7 Å². The zero-order valence-corrected chi connectivity index (χ0v) is 22.2. The Labute approximate surface area is 220 Å². The number of nitrogens with zero attached hydrogens (tertiary/aromatic N) is 6. The van der Waals surface area contributed by atoms with Gasteiger partial charge in [-0.05, 0) is 30.7 Å². The van der Waals surface area contributed by atoms with Gasteiger partial charge < -0.3 is 5.73 Å². The van der Waals surface area contributed by atoms with Crippen LogP contribution in [0.5, 0.6) is 0 Å². The molecule has 4 rings (SSSR count). The molecule has 38 heavy (non-hydrogen) atoms. The average molecular weight is 535 g/mol. The zero-order valence-electron chi connectivity index (χ0n) is 21.4. The molecular formula is C26H27FN8O2S. The van der Waals surface area contributed by atoms with Crippen molar-refractivity contribution in [3.63, 3.8) is 0 Å². The molecule has 0 bridgehead atoms. The Kier molecular flexibility index (Phi) is 7.26. The SMILES string of the molecule is C#Cc1cccc(-c2nc(N)c(F)c(-c3cn(Cc4cccc(C(C)(C)CNS(C)(=O)=O)n4)nn3)n2)c1C. The largest absolute Gasteiger partial charge is 0.381 e. The minimum absolute atomic E-state index is 0.0843. The lowest BCUT2D eigenvalue weighted by Crippen LogP contribution is -2.36. The molecule has 0 aliphatic carbocycles. The van der Waals surface area contributed by atoms with E-state index in [2.05, 4.69) is 35.9 Å². The summed E-state index contributed by atoms with van der Waals surface area (Å²) >= 11 is 0. The maximum atomic E-state index is 15.0. The van der Waals surface area contributed by atoms with Gasteiger partial charge in [0.15, 0.2) is 17.5 Å². The van der Waals surface area contributed by atoms with Crippen molar-refractivity contribution < 1.29 is 12.8 Å². The molecule has 3 aromatic heterocycles. The molecule has 0 radical (unpaired) electrons. The summed E-state index contributed by atoms with van der Waals surface area (Å²) in [5, 5.41) is 8.20. The Morgan fingerprint density at radius 3 is 2.61 bits per heavy atom. The van der Waals surface area contributed by atoms with Crippen molar-refractivity contribution in [3.8, 4) is 35.1 Å². The molecule has 3 N–H and O–H groups in total. The van der Waals surface area contributed by atoms with Gasteiger partial charge in [0.2, 0.25) is 10.0 Å². The van der Waals surface area contributed by atoms with Crippen molar-refractivity contribution in [3.05, 3.63) is 70.9 Å². The van der Waals surface area contributed by atoms with Crippen LogP contribution < -0.4 is 10.5 Å². The number of terminal acetylenes is 1. The molecule has 10 nitrogen and oxygen atoms in total. The van der Waals surface area contributed by atoms with E-state index in [0.29, 0.717) is 22.5 Å². The van der Waals surface area contributed by atoms with E-state index in [4.69, 9.17) is 12.2 Å². The van der Waals surface area contributed by atoms with E-state index in [9.17, 15) is 12.8 Å². The lowest BCUT2D eigenvalue weighted by molar-refractivity contribution is 0.487. The maximum Gasteiger partial charge on any atom is 0.208 e. The Bertz CT molecular complexity index is 1660. The van der Waals surface area contributed by atoms with Crippen molar-refractivity contribution in [2.45, 2.75) is 32.7 Å². The van der Waals surface area contributed by atoms with Crippen LogP contribution in [0.15, 0.2) is 42.6 Å². The van der Waals surface area contributed by atoms with E-state index >= 15 is 0 Å². The molecule has 0 saturated heterocycles. The second kappa shape index (κ2) is 10.3. The van der Waals surface area contributed by atoms with Crippen LogP contribution in [-0.2, 0) is 22.0 Å². The molecule has 0 saturated carbocycles. The van der Waals surface area contributed by atoms with Crippen LogP contribution in [0, 0.1) is 25.1 Å². The Morgan fingerprint density at radius 1 is 1.16 bits per heavy atom. The first-order chi connectivity index (χ1) is 17.9. The third-order valence-corrected chi connectivity index (χ3v) is 6.66. The van der Waals surface area contributed by atoms with Gasteiger partial charge in [-0.1, -0.05) is 43.2 Å². The van der Waals surface area contributed by atoms with E-state index in [1.54, 1.807) is 24.4 Å². The third kappa shape index (κ3) is 5.85. The summed E-state index contributed by atoms with van der Waals surface area (Å²) in [6, 6.07) is 10.8. The van der Waals surface area contributed by atoms with Gasteiger partial charge in [0.25, 0.3) is 0 Å². The van der Waals surface area contributed by atoms with Gasteiger partial charge in [-0.25, -0.2) is 32.2 Å². The van der Waals surface area contributed by atoms with Gasteiger partial charge in [0, 0.05) is 28.8 Å².